The number of carbonyl (C=O) groups is 4. The van der Waals surface area contributed by atoms with Gasteiger partial charge in [-0.25, -0.2) is 0 Å². The Labute approximate surface area is 339 Å². The van der Waals surface area contributed by atoms with E-state index in [0.717, 1.165) is 31.9 Å². The highest BCUT2D eigenvalue weighted by Gasteiger charge is 2.61. The third-order valence-corrected chi connectivity index (χ3v) is 17.3. The molecule has 5 rings (SSSR count). The summed E-state index contributed by atoms with van der Waals surface area (Å²) in [6.07, 6.45) is 14.0. The summed E-state index contributed by atoms with van der Waals surface area (Å²) in [5.74, 6) is -2.33. The van der Waals surface area contributed by atoms with Gasteiger partial charge in [-0.3, -0.25) is 24.5 Å². The van der Waals surface area contributed by atoms with Crippen molar-refractivity contribution in [2.45, 2.75) is 129 Å². The fraction of sp³-hybridized carbons (Fsp3) is 0.578. The van der Waals surface area contributed by atoms with Gasteiger partial charge >= 0.3 is 6.21 Å². The molecule has 1 fully saturated rings. The molecule has 4 bridgehead atoms. The van der Waals surface area contributed by atoms with E-state index in [-0.39, 0.29) is 46.8 Å². The zero-order chi connectivity index (χ0) is 41.5. The summed E-state index contributed by atoms with van der Waals surface area (Å²) >= 11 is 0. The molecule has 2 amide bonds. The highest BCUT2D eigenvalue weighted by Crippen LogP contribution is 2.58. The topological polar surface area (TPSA) is 154 Å². The van der Waals surface area contributed by atoms with Crippen LogP contribution < -0.4 is 10.1 Å². The quantitative estimate of drug-likeness (QED) is 0.0296. The van der Waals surface area contributed by atoms with Crippen LogP contribution in [0.4, 0.5) is 0 Å². The first-order valence-electron chi connectivity index (χ1n) is 20.5. The second-order valence-electron chi connectivity index (χ2n) is 17.4. The smallest absolute Gasteiger partial charge is 0.324 e. The van der Waals surface area contributed by atoms with E-state index in [2.05, 4.69) is 62.2 Å². The van der Waals surface area contributed by atoms with E-state index in [0.29, 0.717) is 42.6 Å². The molecular weight excluding hydrogens is 739 g/mol. The summed E-state index contributed by atoms with van der Waals surface area (Å²) in [6, 6.07) is 7.26. The van der Waals surface area contributed by atoms with Gasteiger partial charge in [0.15, 0.2) is 20.4 Å². The molecule has 2 aliphatic heterocycles. The van der Waals surface area contributed by atoms with Gasteiger partial charge in [-0.1, -0.05) is 76.1 Å². The second kappa shape index (κ2) is 18.7. The Bertz CT molecular complexity index is 1850. The van der Waals surface area contributed by atoms with Gasteiger partial charge in [-0.2, -0.15) is 4.79 Å². The Morgan fingerprint density at radius 2 is 1.75 bits per heavy atom. The minimum Gasteiger partial charge on any atom is -0.497 e. The summed E-state index contributed by atoms with van der Waals surface area (Å²) in [5, 5.41) is 2.36. The first-order valence-corrected chi connectivity index (χ1v) is 23.4. The lowest BCUT2D eigenvalue weighted by molar-refractivity contribution is -0.173. The van der Waals surface area contributed by atoms with Crippen molar-refractivity contribution in [3.63, 3.8) is 0 Å². The van der Waals surface area contributed by atoms with Crippen LogP contribution in [0.25, 0.3) is 5.53 Å². The van der Waals surface area contributed by atoms with Crippen LogP contribution in [-0.4, -0.2) is 68.6 Å². The number of methoxy groups -OCH3 is 1. The number of unbranched alkanes of at least 4 members (excludes halogenated alkanes) is 3. The molecule has 11 nitrogen and oxygen atoms in total. The largest absolute Gasteiger partial charge is 0.497 e. The molecule has 2 heterocycles. The molecule has 0 saturated carbocycles. The Morgan fingerprint density at radius 3 is 2.40 bits per heavy atom. The van der Waals surface area contributed by atoms with Gasteiger partial charge < -0.3 is 24.2 Å². The van der Waals surface area contributed by atoms with Gasteiger partial charge in [-0.05, 0) is 100 Å². The van der Waals surface area contributed by atoms with E-state index in [1.165, 1.54) is 0 Å². The Hall–Kier alpha value is -4.06. The minimum atomic E-state index is -2.50. The zero-order valence-electron chi connectivity index (χ0n) is 35.0. The molecule has 2 aliphatic carbocycles. The molecule has 4 aliphatic rings. The molecular formula is C45H61N3O8Si. The van der Waals surface area contributed by atoms with Crippen molar-refractivity contribution in [3.8, 4) is 5.75 Å². The van der Waals surface area contributed by atoms with E-state index in [1.54, 1.807) is 19.2 Å². The maximum atomic E-state index is 14.4. The summed E-state index contributed by atoms with van der Waals surface area (Å²) in [7, 11) is -0.924. The van der Waals surface area contributed by atoms with Gasteiger partial charge in [0.05, 0.1) is 25.2 Å². The lowest BCUT2D eigenvalue weighted by atomic mass is 9.61. The molecule has 0 spiro atoms. The van der Waals surface area contributed by atoms with Crippen molar-refractivity contribution < 1.29 is 42.6 Å². The van der Waals surface area contributed by atoms with Crippen molar-refractivity contribution in [2.24, 2.45) is 23.2 Å². The van der Waals surface area contributed by atoms with Gasteiger partial charge in [-0.15, -0.1) is 0 Å². The number of hydrogen-bond donors (Lipinski definition) is 1. The van der Waals surface area contributed by atoms with Crippen molar-refractivity contribution in [1.82, 2.24) is 5.32 Å². The van der Waals surface area contributed by atoms with Crippen LogP contribution in [0.2, 0.25) is 18.1 Å². The lowest BCUT2D eigenvalue weighted by Gasteiger charge is -2.46. The summed E-state index contributed by atoms with van der Waals surface area (Å²) < 4.78 is 26.0. The summed E-state index contributed by atoms with van der Waals surface area (Å²) in [6.45, 7) is 14.5. The van der Waals surface area contributed by atoms with Crippen LogP contribution in [0.5, 0.6) is 5.75 Å². The number of nitrogens with one attached hydrogen (secondary N) is 1. The molecule has 1 N–H and O–H groups in total. The van der Waals surface area contributed by atoms with E-state index >= 15 is 0 Å². The standard InChI is InChI=1S/C45H61N3O8Si/c1-9-11-13-14-15-17-18-30-24-34-40-38(32(30)25-36(35(49)19-16-12-10-2)56-57(7,8)44(3,4)5)39-33(41(51)48-42(39)52)26-45(34,37(50)27-47-46)28-54-43(55-40)29-20-22-31(53-6)23-21-29/h9-12,20-24,27,30,32,36,38,40,43H,13-19,25-26,28H2,1-8H3,(H,48,51,52)/b11-9+,12-10+/t30-,32+,36?,38?,40?,43?,45+/m1/s1. The number of fused-ring (bicyclic) bond motifs is 1. The number of ether oxygens (including phenoxy) is 3. The highest BCUT2D eigenvalue weighted by atomic mass is 28.4. The summed E-state index contributed by atoms with van der Waals surface area (Å²) in [5.41, 5.74) is 9.98. The molecule has 57 heavy (non-hydrogen) atoms. The van der Waals surface area contributed by atoms with Gasteiger partial charge in [0.1, 0.15) is 11.9 Å². The molecule has 308 valence electrons. The average Bonchev–Trinajstić information content (AvgIpc) is 3.29. The van der Waals surface area contributed by atoms with E-state index in [9.17, 15) is 24.7 Å². The third kappa shape index (κ3) is 9.47. The van der Waals surface area contributed by atoms with Gasteiger partial charge in [0, 0.05) is 29.0 Å². The molecule has 0 aromatic heterocycles. The zero-order valence-corrected chi connectivity index (χ0v) is 36.0. The number of carbonyl (C=O) groups excluding carboxylic acids is 4. The maximum Gasteiger partial charge on any atom is 0.324 e. The van der Waals surface area contributed by atoms with E-state index < -0.39 is 55.7 Å². The van der Waals surface area contributed by atoms with Crippen LogP contribution in [0.1, 0.15) is 104 Å². The Kier molecular flexibility index (Phi) is 14.4. The highest BCUT2D eigenvalue weighted by molar-refractivity contribution is 6.74. The number of allylic oxidation sites excluding steroid dienone is 5. The normalized spacial score (nSPS) is 26.7. The van der Waals surface area contributed by atoms with Crippen molar-refractivity contribution in [1.29, 1.82) is 0 Å². The number of rotatable bonds is 18. The number of nitrogens with zero attached hydrogens (tertiary/aromatic N) is 2. The van der Waals surface area contributed by atoms with Crippen LogP contribution in [0, 0.1) is 23.2 Å². The predicted molar refractivity (Wildman–Crippen MR) is 221 cm³/mol. The first-order chi connectivity index (χ1) is 27.1. The summed E-state index contributed by atoms with van der Waals surface area (Å²) in [4.78, 5) is 59.9. The SMILES string of the molecule is C/C=C/CCCCC[C@@H]1C=C2C3OC(c4ccc(OC)cc4)OC[C@@]2(C(=O)C=[N+]=[N-])CC2=C(C(=O)NC2=O)C3[C@H]1CC(O[Si](C)(C)C(C)(C)C)C(=O)CC/C=C/C. The molecule has 1 aromatic rings. The van der Waals surface area contributed by atoms with Crippen molar-refractivity contribution in [3.05, 3.63) is 82.5 Å². The number of imide groups is 1. The molecule has 1 saturated heterocycles. The van der Waals surface area contributed by atoms with Gasteiger partial charge in [0.25, 0.3) is 11.8 Å². The monoisotopic (exact) mass is 799 g/mol. The number of amides is 2. The van der Waals surface area contributed by atoms with Crippen LogP contribution in [-0.2, 0) is 33.1 Å². The van der Waals surface area contributed by atoms with Gasteiger partial charge in [0.2, 0.25) is 5.78 Å². The predicted octanol–water partition coefficient (Wildman–Crippen LogP) is 8.34. The number of benzene rings is 1. The third-order valence-electron chi connectivity index (χ3n) is 12.8. The minimum absolute atomic E-state index is 0.00233. The van der Waals surface area contributed by atoms with Crippen LogP contribution >= 0.6 is 0 Å². The van der Waals surface area contributed by atoms with Crippen LogP contribution in [0.3, 0.4) is 0 Å². The fourth-order valence-electron chi connectivity index (χ4n) is 8.65. The average molecular weight is 800 g/mol. The lowest BCUT2D eigenvalue weighted by Crippen LogP contribution is -2.51. The van der Waals surface area contributed by atoms with Crippen LogP contribution in [0.15, 0.2) is 71.4 Å². The van der Waals surface area contributed by atoms with Crippen molar-refractivity contribution >= 4 is 37.9 Å². The fourth-order valence-corrected chi connectivity index (χ4v) is 9.94. The first kappa shape index (κ1) is 44.0. The van der Waals surface area contributed by atoms with E-state index in [4.69, 9.17) is 18.6 Å². The maximum absolute atomic E-state index is 14.4. The number of ketones is 2. The Balaban J connectivity index is 1.72. The molecule has 1 aromatic carbocycles. The van der Waals surface area contributed by atoms with Crippen molar-refractivity contribution in [2.75, 3.05) is 13.7 Å². The van der Waals surface area contributed by atoms with E-state index in [1.807, 2.05) is 38.1 Å². The molecule has 7 atom stereocenters. The number of hydrogen-bond acceptors (Lipinski definition) is 8. The number of Topliss-reactive ketones (excluding diaryl/α,β-unsaturated/α-hetero) is 2. The molecule has 0 radical (unpaired) electrons. The molecule has 12 heteroatoms. The second-order valence-corrected chi connectivity index (χ2v) is 22.1. The molecule has 4 unspecified atom stereocenters. The Morgan fingerprint density at radius 1 is 1.05 bits per heavy atom.